The molecule has 19 heavy (non-hydrogen) atoms. The van der Waals surface area contributed by atoms with Crippen LogP contribution in [0.5, 0.6) is 0 Å². The molecule has 1 nitrogen and oxygen atoms in total. The van der Waals surface area contributed by atoms with Gasteiger partial charge in [-0.2, -0.15) is 0 Å². The Morgan fingerprint density at radius 1 is 0.842 bits per heavy atom. The van der Waals surface area contributed by atoms with Gasteiger partial charge >= 0.3 is 26.2 Å². The summed E-state index contributed by atoms with van der Waals surface area (Å²) in [6.45, 7) is 0. The van der Waals surface area contributed by atoms with Gasteiger partial charge in [0.1, 0.15) is 0 Å². The maximum Gasteiger partial charge on any atom is 3.00 e. The number of fused-ring (bicyclic) bond motifs is 3. The van der Waals surface area contributed by atoms with Gasteiger partial charge in [-0.1, -0.05) is 36.4 Å². The SMILES string of the molecule is CN(C)c1ccc2c(c1)[cH-]c1ccccc12.[Cl-].[Cl-].[Zr+3]. The first-order valence-corrected chi connectivity index (χ1v) is 5.51. The summed E-state index contributed by atoms with van der Waals surface area (Å²) in [6, 6.07) is 17.4. The average Bonchev–Trinajstić information content (AvgIpc) is 2.66. The van der Waals surface area contributed by atoms with E-state index in [-0.39, 0.29) is 51.0 Å². The van der Waals surface area contributed by atoms with Crippen molar-refractivity contribution >= 4 is 27.2 Å². The van der Waals surface area contributed by atoms with Gasteiger partial charge in [0.15, 0.2) is 0 Å². The van der Waals surface area contributed by atoms with Crippen molar-refractivity contribution in [3.8, 4) is 0 Å². The zero-order valence-corrected chi connectivity index (χ0v) is 14.8. The van der Waals surface area contributed by atoms with Gasteiger partial charge in [-0.25, -0.2) is 0 Å². The molecule has 0 amide bonds. The zero-order chi connectivity index (χ0) is 11.1. The Balaban J connectivity index is 0.00000108. The molecule has 0 aliphatic carbocycles. The van der Waals surface area contributed by atoms with Crippen LogP contribution in [0.25, 0.3) is 21.5 Å². The van der Waals surface area contributed by atoms with Gasteiger partial charge in [0.25, 0.3) is 0 Å². The van der Waals surface area contributed by atoms with Crippen LogP contribution in [0.15, 0.2) is 48.5 Å². The van der Waals surface area contributed by atoms with E-state index in [2.05, 4.69) is 67.5 Å². The minimum Gasteiger partial charge on any atom is -1.00 e. The Morgan fingerprint density at radius 2 is 1.47 bits per heavy atom. The number of rotatable bonds is 1. The molecule has 0 aliphatic rings. The quantitative estimate of drug-likeness (QED) is 0.439. The van der Waals surface area contributed by atoms with E-state index in [1.165, 1.54) is 27.2 Å². The second-order valence-electron chi connectivity index (χ2n) is 4.40. The van der Waals surface area contributed by atoms with Crippen molar-refractivity contribution in [2.24, 2.45) is 0 Å². The van der Waals surface area contributed by atoms with Crippen molar-refractivity contribution in [2.45, 2.75) is 0 Å². The van der Waals surface area contributed by atoms with E-state index in [0.29, 0.717) is 0 Å². The van der Waals surface area contributed by atoms with Crippen LogP contribution in [0.1, 0.15) is 0 Å². The van der Waals surface area contributed by atoms with Crippen LogP contribution in [0.4, 0.5) is 5.69 Å². The van der Waals surface area contributed by atoms with Gasteiger partial charge in [0.05, 0.1) is 0 Å². The minimum absolute atomic E-state index is 0. The molecule has 4 heteroatoms. The van der Waals surface area contributed by atoms with Crippen LogP contribution in [0, 0.1) is 0 Å². The second-order valence-corrected chi connectivity index (χ2v) is 4.40. The molecule has 0 bridgehead atoms. The zero-order valence-electron chi connectivity index (χ0n) is 10.8. The smallest absolute Gasteiger partial charge is 1.00 e. The van der Waals surface area contributed by atoms with Crippen LogP contribution < -0.4 is 29.7 Å². The molecular formula is C15H14Cl2NZr. The Morgan fingerprint density at radius 3 is 2.16 bits per heavy atom. The van der Waals surface area contributed by atoms with Crippen molar-refractivity contribution in [3.63, 3.8) is 0 Å². The van der Waals surface area contributed by atoms with Crippen molar-refractivity contribution in [3.05, 3.63) is 48.5 Å². The monoisotopic (exact) mass is 368 g/mol. The molecule has 0 heterocycles. The number of nitrogens with zero attached hydrogens (tertiary/aromatic N) is 1. The molecule has 0 unspecified atom stereocenters. The van der Waals surface area contributed by atoms with Gasteiger partial charge in [-0.3, -0.25) is 0 Å². The third kappa shape index (κ3) is 3.37. The van der Waals surface area contributed by atoms with Gasteiger partial charge < -0.3 is 29.7 Å². The molecule has 0 fully saturated rings. The predicted octanol–water partition coefficient (Wildman–Crippen LogP) is -2.22. The van der Waals surface area contributed by atoms with E-state index in [9.17, 15) is 0 Å². The van der Waals surface area contributed by atoms with E-state index < -0.39 is 0 Å². The van der Waals surface area contributed by atoms with E-state index in [1.807, 2.05) is 0 Å². The van der Waals surface area contributed by atoms with E-state index >= 15 is 0 Å². The van der Waals surface area contributed by atoms with Crippen LogP contribution in [0.2, 0.25) is 0 Å². The number of benzene rings is 2. The molecule has 3 rings (SSSR count). The first-order chi connectivity index (χ1) is 7.75. The molecule has 0 atom stereocenters. The van der Waals surface area contributed by atoms with Crippen LogP contribution in [0.3, 0.4) is 0 Å². The summed E-state index contributed by atoms with van der Waals surface area (Å²) < 4.78 is 0. The Bertz CT molecular complexity index is 661. The molecule has 97 valence electrons. The van der Waals surface area contributed by atoms with Crippen molar-refractivity contribution in [1.82, 2.24) is 0 Å². The third-order valence-corrected chi connectivity index (χ3v) is 3.11. The summed E-state index contributed by atoms with van der Waals surface area (Å²) in [4.78, 5) is 2.14. The number of hydrogen-bond acceptors (Lipinski definition) is 1. The van der Waals surface area contributed by atoms with Gasteiger partial charge in [-0.15, -0.1) is 33.7 Å². The molecule has 0 N–H and O–H groups in total. The summed E-state index contributed by atoms with van der Waals surface area (Å²) in [5.41, 5.74) is 1.25. The van der Waals surface area contributed by atoms with Gasteiger partial charge in [-0.05, 0) is 0 Å². The molecule has 0 saturated carbocycles. The maximum absolute atomic E-state index is 2.26. The summed E-state index contributed by atoms with van der Waals surface area (Å²) in [6.07, 6.45) is 0. The summed E-state index contributed by atoms with van der Waals surface area (Å²) in [5.74, 6) is 0. The summed E-state index contributed by atoms with van der Waals surface area (Å²) >= 11 is 0. The molecule has 1 radical (unpaired) electrons. The molecule has 0 aliphatic heterocycles. The summed E-state index contributed by atoms with van der Waals surface area (Å²) in [7, 11) is 4.15. The van der Waals surface area contributed by atoms with Crippen LogP contribution in [-0.2, 0) is 26.2 Å². The van der Waals surface area contributed by atoms with E-state index in [1.54, 1.807) is 0 Å². The maximum atomic E-state index is 2.26. The topological polar surface area (TPSA) is 3.24 Å². The second kappa shape index (κ2) is 7.38. The van der Waals surface area contributed by atoms with E-state index in [4.69, 9.17) is 0 Å². The molecule has 0 aromatic heterocycles. The Labute approximate surface area is 145 Å². The molecule has 3 aromatic carbocycles. The normalized spacial score (nSPS) is 9.37. The Hall–Kier alpha value is -0.427. The van der Waals surface area contributed by atoms with Gasteiger partial charge in [0.2, 0.25) is 0 Å². The number of anilines is 1. The minimum atomic E-state index is 0. The van der Waals surface area contributed by atoms with Crippen molar-refractivity contribution in [1.29, 1.82) is 0 Å². The first kappa shape index (κ1) is 18.6. The standard InChI is InChI=1S/C15H14N.2ClH.Zr/c1-16(2)13-7-8-15-12(10-13)9-11-5-3-4-6-14(11)15;;;/h3-10H,1-2H3;2*1H;/q-1;;;+3/p-2. The summed E-state index contributed by atoms with van der Waals surface area (Å²) in [5, 5.41) is 5.35. The van der Waals surface area contributed by atoms with Crippen molar-refractivity contribution in [2.75, 3.05) is 19.0 Å². The van der Waals surface area contributed by atoms with E-state index in [0.717, 1.165) is 0 Å². The number of hydrogen-bond donors (Lipinski definition) is 0. The molecular weight excluding hydrogens is 356 g/mol. The molecule has 3 aromatic rings. The predicted molar refractivity (Wildman–Crippen MR) is 71.4 cm³/mol. The molecule has 0 saturated heterocycles. The largest absolute Gasteiger partial charge is 3.00 e. The van der Waals surface area contributed by atoms with Crippen LogP contribution >= 0.6 is 0 Å². The third-order valence-electron chi connectivity index (χ3n) is 3.11. The molecule has 0 spiro atoms. The number of halogens is 2. The fraction of sp³-hybridized carbons (Fsp3) is 0.133. The Kier molecular flexibility index (Phi) is 7.21. The fourth-order valence-corrected chi connectivity index (χ4v) is 2.23. The average molecular weight is 370 g/mol. The van der Waals surface area contributed by atoms with Crippen LogP contribution in [-0.4, -0.2) is 14.1 Å². The van der Waals surface area contributed by atoms with Crippen molar-refractivity contribution < 1.29 is 51.0 Å². The first-order valence-electron chi connectivity index (χ1n) is 5.51. The van der Waals surface area contributed by atoms with Gasteiger partial charge in [0, 0.05) is 19.8 Å². The fourth-order valence-electron chi connectivity index (χ4n) is 2.23.